The van der Waals surface area contributed by atoms with Gasteiger partial charge in [0.1, 0.15) is 15.9 Å². The Labute approximate surface area is 201 Å². The summed E-state index contributed by atoms with van der Waals surface area (Å²) in [5.41, 5.74) is 4.28. The molecule has 34 heavy (non-hydrogen) atoms. The van der Waals surface area contributed by atoms with Gasteiger partial charge in [-0.2, -0.15) is 5.26 Å². The molecular weight excluding hydrogens is 446 g/mol. The first-order valence-corrected chi connectivity index (χ1v) is 11.6. The van der Waals surface area contributed by atoms with Crippen molar-refractivity contribution in [1.82, 2.24) is 4.98 Å². The molecule has 2 aromatic heterocycles. The predicted octanol–water partition coefficient (Wildman–Crippen LogP) is 6.27. The highest BCUT2D eigenvalue weighted by Crippen LogP contribution is 2.35. The lowest BCUT2D eigenvalue weighted by molar-refractivity contribution is 0.0383. The van der Waals surface area contributed by atoms with Crippen molar-refractivity contribution in [1.29, 1.82) is 5.26 Å². The van der Waals surface area contributed by atoms with Crippen LogP contribution in [-0.4, -0.2) is 23.0 Å². The predicted molar refractivity (Wildman–Crippen MR) is 134 cm³/mol. The van der Waals surface area contributed by atoms with Gasteiger partial charge in [0.15, 0.2) is 0 Å². The summed E-state index contributed by atoms with van der Waals surface area (Å²) in [7, 11) is 0. The van der Waals surface area contributed by atoms with Crippen molar-refractivity contribution in [2.75, 3.05) is 5.32 Å². The third-order valence-electron chi connectivity index (χ3n) is 5.42. The number of para-hydroxylation sites is 1. The fraction of sp³-hybridized carbons (Fsp3) is 0.185. The van der Waals surface area contributed by atoms with Gasteiger partial charge < -0.3 is 10.1 Å². The van der Waals surface area contributed by atoms with Crippen LogP contribution in [0.25, 0.3) is 22.2 Å². The van der Waals surface area contributed by atoms with Gasteiger partial charge in [-0.15, -0.1) is 11.3 Å². The van der Waals surface area contributed by atoms with E-state index in [2.05, 4.69) is 11.4 Å². The Hall–Kier alpha value is -4.02. The van der Waals surface area contributed by atoms with Gasteiger partial charge in [0, 0.05) is 10.9 Å². The van der Waals surface area contributed by atoms with Crippen LogP contribution in [0.3, 0.4) is 0 Å². The van der Waals surface area contributed by atoms with Crippen LogP contribution in [0.1, 0.15) is 50.6 Å². The van der Waals surface area contributed by atoms with Crippen molar-refractivity contribution in [3.63, 3.8) is 0 Å². The molecule has 0 fully saturated rings. The highest BCUT2D eigenvalue weighted by atomic mass is 32.1. The first kappa shape index (κ1) is 23.1. The van der Waals surface area contributed by atoms with Gasteiger partial charge in [-0.1, -0.05) is 48.5 Å². The minimum atomic E-state index is -0.508. The van der Waals surface area contributed by atoms with Gasteiger partial charge in [-0.05, 0) is 44.9 Å². The highest BCUT2D eigenvalue weighted by Gasteiger charge is 2.25. The molecule has 7 heteroatoms. The van der Waals surface area contributed by atoms with Gasteiger partial charge in [0.2, 0.25) is 0 Å². The van der Waals surface area contributed by atoms with E-state index in [1.54, 1.807) is 20.8 Å². The largest absolute Gasteiger partial charge is 0.459 e. The number of thiophene rings is 1. The van der Waals surface area contributed by atoms with E-state index >= 15 is 0 Å². The number of amides is 1. The van der Waals surface area contributed by atoms with E-state index in [0.29, 0.717) is 37.6 Å². The number of nitrogens with one attached hydrogen (secondary N) is 1. The number of pyridine rings is 1. The molecule has 0 bridgehead atoms. The zero-order chi connectivity index (χ0) is 24.4. The molecular formula is C27H23N3O3S. The van der Waals surface area contributed by atoms with Gasteiger partial charge in [-0.3, -0.25) is 4.79 Å². The Kier molecular flexibility index (Phi) is 6.44. The molecule has 0 saturated carbocycles. The molecule has 0 unspecified atom stereocenters. The normalized spacial score (nSPS) is 10.8. The fourth-order valence-corrected chi connectivity index (χ4v) is 4.88. The number of carbonyl (C=O) groups excluding carboxylic acids is 2. The summed E-state index contributed by atoms with van der Waals surface area (Å²) in [6.07, 6.45) is -0.292. The van der Waals surface area contributed by atoms with Crippen LogP contribution in [0, 0.1) is 25.2 Å². The van der Waals surface area contributed by atoms with Gasteiger partial charge in [-0.25, -0.2) is 9.78 Å². The first-order chi connectivity index (χ1) is 16.3. The van der Waals surface area contributed by atoms with E-state index in [9.17, 15) is 14.9 Å². The average molecular weight is 470 g/mol. The molecule has 0 saturated heterocycles. The van der Waals surface area contributed by atoms with Crippen LogP contribution in [0.2, 0.25) is 0 Å². The molecule has 1 N–H and O–H groups in total. The van der Waals surface area contributed by atoms with Crippen LogP contribution >= 0.6 is 11.3 Å². The zero-order valence-corrected chi connectivity index (χ0v) is 20.1. The maximum atomic E-state index is 13.6. The Balaban J connectivity index is 1.81. The quantitative estimate of drug-likeness (QED) is 0.348. The average Bonchev–Trinajstić information content (AvgIpc) is 3.13. The molecule has 2 heterocycles. The van der Waals surface area contributed by atoms with Gasteiger partial charge in [0.05, 0.1) is 28.4 Å². The minimum absolute atomic E-state index is 0.258. The molecule has 0 spiro atoms. The lowest BCUT2D eigenvalue weighted by Gasteiger charge is -2.14. The molecule has 0 aliphatic heterocycles. The molecule has 2 aromatic carbocycles. The van der Waals surface area contributed by atoms with Crippen LogP contribution in [0.5, 0.6) is 0 Å². The Morgan fingerprint density at radius 2 is 1.71 bits per heavy atom. The monoisotopic (exact) mass is 469 g/mol. The van der Waals surface area contributed by atoms with E-state index < -0.39 is 5.97 Å². The summed E-state index contributed by atoms with van der Waals surface area (Å²) in [5.74, 6) is -0.874. The van der Waals surface area contributed by atoms with E-state index in [4.69, 9.17) is 9.72 Å². The highest BCUT2D eigenvalue weighted by molar-refractivity contribution is 7.18. The summed E-state index contributed by atoms with van der Waals surface area (Å²) in [6, 6.07) is 19.3. The van der Waals surface area contributed by atoms with Crippen molar-refractivity contribution in [3.8, 4) is 17.3 Å². The number of aromatic nitrogens is 1. The smallest absolute Gasteiger partial charge is 0.348 e. The van der Waals surface area contributed by atoms with Crippen molar-refractivity contribution < 1.29 is 14.3 Å². The number of nitrogens with zero attached hydrogens (tertiary/aromatic N) is 2. The molecule has 0 aliphatic carbocycles. The lowest BCUT2D eigenvalue weighted by Crippen LogP contribution is -2.15. The molecule has 1 amide bonds. The zero-order valence-electron chi connectivity index (χ0n) is 19.3. The number of ether oxygens (including phenoxy) is 1. The molecule has 4 aromatic rings. The maximum Gasteiger partial charge on any atom is 0.348 e. The molecule has 0 radical (unpaired) electrons. The number of carbonyl (C=O) groups is 2. The van der Waals surface area contributed by atoms with Gasteiger partial charge >= 0.3 is 5.97 Å². The standard InChI is InChI=1S/C27H23N3O3S/c1-15(2)33-27(32)24-16(3)20(14-28)26(34-24)30-25(31)22-17(4)23(18-10-6-5-7-11-18)29-21-13-9-8-12-19(21)22/h5-13,15H,1-4H3,(H,30,31). The van der Waals surface area contributed by atoms with E-state index in [0.717, 1.165) is 22.5 Å². The van der Waals surface area contributed by atoms with E-state index in [1.165, 1.54) is 0 Å². The molecule has 170 valence electrons. The SMILES string of the molecule is Cc1c(C(=O)OC(C)C)sc(NC(=O)c2c(C)c(-c3ccccc3)nc3ccccc23)c1C#N. The van der Waals surface area contributed by atoms with Crippen molar-refractivity contribution in [3.05, 3.63) is 81.7 Å². The van der Waals surface area contributed by atoms with Crippen molar-refractivity contribution >= 4 is 39.1 Å². The van der Waals surface area contributed by atoms with Crippen LogP contribution < -0.4 is 5.32 Å². The van der Waals surface area contributed by atoms with Crippen LogP contribution in [0.4, 0.5) is 5.00 Å². The second-order valence-electron chi connectivity index (χ2n) is 8.12. The first-order valence-electron chi connectivity index (χ1n) is 10.8. The Morgan fingerprint density at radius 1 is 1.03 bits per heavy atom. The number of hydrogen-bond acceptors (Lipinski definition) is 6. The Bertz CT molecular complexity index is 1450. The molecule has 0 atom stereocenters. The van der Waals surface area contributed by atoms with Crippen LogP contribution in [-0.2, 0) is 4.74 Å². The number of rotatable bonds is 5. The lowest BCUT2D eigenvalue weighted by atomic mass is 9.97. The number of esters is 1. The summed E-state index contributed by atoms with van der Waals surface area (Å²) in [4.78, 5) is 31.2. The number of hydrogen-bond donors (Lipinski definition) is 1. The summed E-state index contributed by atoms with van der Waals surface area (Å²) >= 11 is 1.05. The summed E-state index contributed by atoms with van der Waals surface area (Å²) in [5, 5.41) is 13.6. The van der Waals surface area contributed by atoms with E-state index in [1.807, 2.05) is 61.5 Å². The molecule has 0 aliphatic rings. The second-order valence-corrected chi connectivity index (χ2v) is 9.14. The van der Waals surface area contributed by atoms with E-state index in [-0.39, 0.29) is 17.6 Å². The summed E-state index contributed by atoms with van der Waals surface area (Å²) in [6.45, 7) is 7.07. The molecule has 4 rings (SSSR count). The van der Waals surface area contributed by atoms with Crippen LogP contribution in [0.15, 0.2) is 54.6 Å². The minimum Gasteiger partial charge on any atom is -0.459 e. The Morgan fingerprint density at radius 3 is 2.38 bits per heavy atom. The van der Waals surface area contributed by atoms with Crippen molar-refractivity contribution in [2.24, 2.45) is 0 Å². The number of benzene rings is 2. The molecule has 6 nitrogen and oxygen atoms in total. The number of anilines is 1. The topological polar surface area (TPSA) is 92.1 Å². The maximum absolute atomic E-state index is 13.6. The van der Waals surface area contributed by atoms with Gasteiger partial charge in [0.25, 0.3) is 5.91 Å². The summed E-state index contributed by atoms with van der Waals surface area (Å²) < 4.78 is 5.30. The third-order valence-corrected chi connectivity index (χ3v) is 6.61. The third kappa shape index (κ3) is 4.28. The number of fused-ring (bicyclic) bond motifs is 1. The number of nitriles is 1. The van der Waals surface area contributed by atoms with Crippen molar-refractivity contribution in [2.45, 2.75) is 33.8 Å². The second kappa shape index (κ2) is 9.46. The fourth-order valence-electron chi connectivity index (χ4n) is 3.84.